The van der Waals surface area contributed by atoms with Crippen molar-refractivity contribution in [1.82, 2.24) is 14.5 Å². The Labute approximate surface area is 292 Å². The number of nitrogens with one attached hydrogen (secondary N) is 2. The third-order valence-electron chi connectivity index (χ3n) is 10.4. The molecule has 0 fully saturated rings. The number of halogens is 1. The summed E-state index contributed by atoms with van der Waals surface area (Å²) in [6.45, 7) is 4.49. The minimum absolute atomic E-state index is 0.185. The van der Waals surface area contributed by atoms with Crippen molar-refractivity contribution in [3.05, 3.63) is 142 Å². The van der Waals surface area contributed by atoms with Gasteiger partial charge in [0.2, 0.25) is 5.88 Å². The number of carbonyl (C=O) groups excluding carboxylic acids is 1. The molecule has 2 N–H and O–H groups in total. The van der Waals surface area contributed by atoms with Crippen molar-refractivity contribution in [1.29, 1.82) is 0 Å². The Bertz CT molecular complexity index is 2100. The van der Waals surface area contributed by atoms with Crippen molar-refractivity contribution in [2.24, 2.45) is 4.36 Å². The summed E-state index contributed by atoms with van der Waals surface area (Å²) < 4.78 is 47.2. The first-order valence-electron chi connectivity index (χ1n) is 17.3. The molecule has 3 aliphatic rings. The fourth-order valence-electron chi connectivity index (χ4n) is 7.76. The van der Waals surface area contributed by atoms with Gasteiger partial charge in [-0.3, -0.25) is 0 Å². The van der Waals surface area contributed by atoms with Crippen molar-refractivity contribution < 1.29 is 18.1 Å². The van der Waals surface area contributed by atoms with Gasteiger partial charge in [0.25, 0.3) is 0 Å². The molecule has 0 spiro atoms. The second kappa shape index (κ2) is 12.4. The summed E-state index contributed by atoms with van der Waals surface area (Å²) in [5, 5.41) is 7.64. The van der Waals surface area contributed by atoms with Gasteiger partial charge in [0.05, 0.1) is 12.7 Å². The third kappa shape index (κ3) is 5.46. The molecule has 50 heavy (non-hydrogen) atoms. The topological polar surface area (TPSA) is 97.6 Å². The largest absolute Gasteiger partial charge is 0.469 e. The van der Waals surface area contributed by atoms with E-state index >= 15 is 4.21 Å². The zero-order valence-electron chi connectivity index (χ0n) is 28.2. The highest BCUT2D eigenvalue weighted by molar-refractivity contribution is 7.92. The van der Waals surface area contributed by atoms with Gasteiger partial charge < -0.3 is 10.1 Å². The second-order valence-electron chi connectivity index (χ2n) is 13.7. The van der Waals surface area contributed by atoms with Crippen LogP contribution in [0.15, 0.2) is 113 Å². The van der Waals surface area contributed by atoms with Crippen LogP contribution in [0.2, 0.25) is 0 Å². The molecule has 10 heteroatoms. The summed E-state index contributed by atoms with van der Waals surface area (Å²) in [6.07, 6.45) is 4.38. The summed E-state index contributed by atoms with van der Waals surface area (Å²) >= 11 is 0. The summed E-state index contributed by atoms with van der Waals surface area (Å²) in [5.74, 6) is 0.313. The van der Waals surface area contributed by atoms with Gasteiger partial charge in [0, 0.05) is 18.5 Å². The number of carbonyl (C=O) groups is 1. The number of alkyl halides is 1. The maximum atomic E-state index is 16.0. The molecule has 1 aromatic heterocycles. The molecule has 0 saturated heterocycles. The van der Waals surface area contributed by atoms with Crippen LogP contribution in [0.5, 0.6) is 5.88 Å². The maximum absolute atomic E-state index is 16.0. The van der Waals surface area contributed by atoms with Crippen LogP contribution in [0.1, 0.15) is 65.6 Å². The van der Waals surface area contributed by atoms with E-state index in [0.717, 1.165) is 58.2 Å². The van der Waals surface area contributed by atoms with Gasteiger partial charge in [-0.15, -0.1) is 0 Å². The average Bonchev–Trinajstić information content (AvgIpc) is 3.92. The van der Waals surface area contributed by atoms with Gasteiger partial charge >= 0.3 is 6.03 Å². The number of nitrogens with zero attached hydrogens (tertiary/aromatic N) is 3. The van der Waals surface area contributed by atoms with Crippen molar-refractivity contribution in [3.8, 4) is 5.88 Å². The number of aryl methyl sites for hydroxylation is 1. The highest BCUT2D eigenvalue weighted by atomic mass is 32.2. The average molecular weight is 690 g/mol. The zero-order valence-corrected chi connectivity index (χ0v) is 29.0. The molecule has 2 heterocycles. The Balaban J connectivity index is 1.34. The number of anilines is 1. The molecular weight excluding hydrogens is 650 g/mol. The Morgan fingerprint density at radius 2 is 1.58 bits per heavy atom. The number of fused-ring (bicyclic) bond motifs is 3. The summed E-state index contributed by atoms with van der Waals surface area (Å²) in [5.41, 5.74) is 4.94. The fourth-order valence-corrected chi connectivity index (χ4v) is 9.59. The number of hydrogen-bond donors (Lipinski definition) is 2. The van der Waals surface area contributed by atoms with Crippen LogP contribution in [0.25, 0.3) is 0 Å². The predicted molar refractivity (Wildman–Crippen MR) is 193 cm³/mol. The molecule has 1 aliphatic heterocycles. The van der Waals surface area contributed by atoms with E-state index in [0.29, 0.717) is 31.0 Å². The lowest BCUT2D eigenvalue weighted by atomic mass is 9.78. The van der Waals surface area contributed by atoms with Gasteiger partial charge in [-0.1, -0.05) is 104 Å². The summed E-state index contributed by atoms with van der Waals surface area (Å²) in [6, 6.07) is 30.5. The normalized spacial score (nSPS) is 20.3. The molecule has 0 unspecified atom stereocenters. The summed E-state index contributed by atoms with van der Waals surface area (Å²) in [7, 11) is -3.89. The van der Waals surface area contributed by atoms with Crippen LogP contribution in [-0.2, 0) is 47.7 Å². The predicted octanol–water partition coefficient (Wildman–Crippen LogP) is 7.93. The number of benzene rings is 4. The van der Waals surface area contributed by atoms with Crippen LogP contribution in [0, 0.1) is 0 Å². The molecule has 8 nitrogen and oxygen atoms in total. The van der Waals surface area contributed by atoms with E-state index < -0.39 is 33.3 Å². The second-order valence-corrected chi connectivity index (χ2v) is 15.6. The fraction of sp³-hybridized carbons (Fsp3) is 0.300. The Hall–Kier alpha value is -4.96. The molecule has 3 atom stereocenters. The molecule has 2 aliphatic carbocycles. The van der Waals surface area contributed by atoms with E-state index in [1.165, 1.54) is 6.20 Å². The smallest absolute Gasteiger partial charge is 0.331 e. The van der Waals surface area contributed by atoms with Crippen molar-refractivity contribution in [2.45, 2.75) is 81.1 Å². The third-order valence-corrected chi connectivity index (χ3v) is 12.3. The Morgan fingerprint density at radius 3 is 2.18 bits per heavy atom. The van der Waals surface area contributed by atoms with Gasteiger partial charge in [-0.25, -0.2) is 22.8 Å². The molecule has 0 radical (unpaired) electrons. The van der Waals surface area contributed by atoms with Crippen molar-refractivity contribution in [3.63, 3.8) is 0 Å². The number of aromatic nitrogens is 2. The minimum Gasteiger partial charge on any atom is -0.469 e. The zero-order chi connectivity index (χ0) is 34.5. The van der Waals surface area contributed by atoms with Crippen LogP contribution >= 0.6 is 0 Å². The van der Waals surface area contributed by atoms with Crippen LogP contribution in [0.4, 0.5) is 14.9 Å². The van der Waals surface area contributed by atoms with E-state index in [9.17, 15) is 9.18 Å². The van der Waals surface area contributed by atoms with Gasteiger partial charge in [-0.05, 0) is 71.6 Å². The maximum Gasteiger partial charge on any atom is 0.331 e. The molecule has 8 rings (SSSR count). The van der Waals surface area contributed by atoms with Crippen molar-refractivity contribution >= 4 is 21.6 Å². The van der Waals surface area contributed by atoms with E-state index in [1.807, 2.05) is 105 Å². The SMILES string of the molecule is CC[C@]1(C)Cn2ncc([S@@](=O)(=NC(c3ccccc3)(c3ccccc3)c3ccccc3)NC(=O)Nc3c4c(cc5c3C[C@@H](F)C5)CCC4)c2O1. The highest BCUT2D eigenvalue weighted by Gasteiger charge is 2.43. The van der Waals surface area contributed by atoms with Crippen LogP contribution in [0.3, 0.4) is 0 Å². The molecule has 4 aromatic carbocycles. The van der Waals surface area contributed by atoms with E-state index in [4.69, 9.17) is 9.10 Å². The lowest BCUT2D eigenvalue weighted by Gasteiger charge is -2.33. The van der Waals surface area contributed by atoms with Crippen molar-refractivity contribution in [2.75, 3.05) is 5.32 Å². The quantitative estimate of drug-likeness (QED) is 0.162. The lowest BCUT2D eigenvalue weighted by molar-refractivity contribution is 0.105. The van der Waals surface area contributed by atoms with Gasteiger partial charge in [0.15, 0.2) is 9.92 Å². The molecule has 5 aromatic rings. The van der Waals surface area contributed by atoms with E-state index in [2.05, 4.69) is 21.2 Å². The first kappa shape index (κ1) is 32.3. The van der Waals surface area contributed by atoms with E-state index in [1.54, 1.807) is 4.68 Å². The number of amides is 2. The molecule has 0 bridgehead atoms. The van der Waals surface area contributed by atoms with Crippen LogP contribution in [-0.4, -0.2) is 31.8 Å². The highest BCUT2D eigenvalue weighted by Crippen LogP contribution is 2.45. The number of ether oxygens (including phenoxy) is 1. The Morgan fingerprint density at radius 1 is 0.960 bits per heavy atom. The molecule has 256 valence electrons. The number of hydrogen-bond acceptors (Lipinski definition) is 5. The minimum atomic E-state index is -3.89. The van der Waals surface area contributed by atoms with Crippen LogP contribution < -0.4 is 14.8 Å². The first-order chi connectivity index (χ1) is 24.2. The Kier molecular flexibility index (Phi) is 8.01. The molecular formula is C40H40FN5O3S. The number of urea groups is 1. The van der Waals surface area contributed by atoms with Gasteiger partial charge in [-0.2, -0.15) is 9.46 Å². The standard InChI is InChI=1S/C40H40FN5O3S/c1-3-39(2)26-46-37(49-39)35(25-42-46)50(48,44-38(47)43-36-33-21-13-14-27(33)22-28-23-32(41)24-34(28)36)45-40(29-15-7-4-8-16-29,30-17-9-5-10-18-30)31-19-11-6-12-20-31/h4-12,15-20,22,25,32H,3,13-14,21,23-24,26H2,1-2H3,(H2,43,44,45,47,48)/t32-,39+,50-/m0/s1. The summed E-state index contributed by atoms with van der Waals surface area (Å²) in [4.78, 5) is 14.5. The first-order valence-corrected chi connectivity index (χ1v) is 18.8. The number of rotatable bonds is 8. The lowest BCUT2D eigenvalue weighted by Crippen LogP contribution is -2.38. The van der Waals surface area contributed by atoms with E-state index in [-0.39, 0.29) is 11.3 Å². The monoisotopic (exact) mass is 689 g/mol. The van der Waals surface area contributed by atoms with Gasteiger partial charge in [0.1, 0.15) is 22.2 Å². The molecule has 2 amide bonds. The molecule has 0 saturated carbocycles.